The summed E-state index contributed by atoms with van der Waals surface area (Å²) in [6.45, 7) is 3.69. The van der Waals surface area contributed by atoms with Gasteiger partial charge < -0.3 is 14.4 Å². The molecule has 6 heteroatoms. The van der Waals surface area contributed by atoms with Crippen molar-refractivity contribution in [2.45, 2.75) is 26.6 Å². The number of benzene rings is 2. The number of amides is 1. The number of para-hydroxylation sites is 1. The SMILES string of the molecule is CCn1nccc1CN(C)C(=O)/C=C/c1ccc(OC)c(COc2ccccc2)c1. The van der Waals surface area contributed by atoms with Gasteiger partial charge in [-0.05, 0) is 48.9 Å². The molecule has 0 bridgehead atoms. The molecule has 1 aromatic heterocycles. The van der Waals surface area contributed by atoms with Crippen molar-refractivity contribution < 1.29 is 14.3 Å². The topological polar surface area (TPSA) is 56.6 Å². The van der Waals surface area contributed by atoms with E-state index in [1.54, 1.807) is 37.4 Å². The first-order chi connectivity index (χ1) is 14.6. The maximum Gasteiger partial charge on any atom is 0.246 e. The van der Waals surface area contributed by atoms with Crippen molar-refractivity contribution in [2.75, 3.05) is 14.2 Å². The van der Waals surface area contributed by atoms with Crippen LogP contribution in [0.1, 0.15) is 23.7 Å². The van der Waals surface area contributed by atoms with E-state index in [1.165, 1.54) is 0 Å². The molecule has 1 amide bonds. The molecule has 2 aromatic carbocycles. The Balaban J connectivity index is 1.66. The summed E-state index contributed by atoms with van der Waals surface area (Å²) in [5.41, 5.74) is 2.82. The number of rotatable bonds is 9. The van der Waals surface area contributed by atoms with Crippen LogP contribution in [0.15, 0.2) is 66.9 Å². The Hall–Kier alpha value is -3.54. The molecule has 0 saturated carbocycles. The third-order valence-electron chi connectivity index (χ3n) is 4.74. The van der Waals surface area contributed by atoms with E-state index < -0.39 is 0 Å². The standard InChI is InChI=1S/C24H27N3O3/c1-4-27-21(14-15-25-27)17-26(2)24(28)13-11-19-10-12-23(29-3)20(16-19)18-30-22-8-6-5-7-9-22/h5-16H,4,17-18H2,1-3H3/b13-11+. The van der Waals surface area contributed by atoms with Gasteiger partial charge in [-0.25, -0.2) is 0 Å². The lowest BCUT2D eigenvalue weighted by molar-refractivity contribution is -0.125. The Morgan fingerprint density at radius 2 is 1.97 bits per heavy atom. The Morgan fingerprint density at radius 3 is 2.70 bits per heavy atom. The first-order valence-corrected chi connectivity index (χ1v) is 9.89. The fraction of sp³-hybridized carbons (Fsp3) is 0.250. The highest BCUT2D eigenvalue weighted by Gasteiger charge is 2.10. The van der Waals surface area contributed by atoms with Gasteiger partial charge >= 0.3 is 0 Å². The lowest BCUT2D eigenvalue weighted by atomic mass is 10.1. The molecule has 1 heterocycles. The maximum absolute atomic E-state index is 12.5. The fourth-order valence-corrected chi connectivity index (χ4v) is 3.09. The second kappa shape index (κ2) is 10.3. The van der Waals surface area contributed by atoms with Gasteiger partial charge in [-0.15, -0.1) is 0 Å². The first kappa shape index (κ1) is 21.2. The van der Waals surface area contributed by atoms with Gasteiger partial charge in [0.2, 0.25) is 5.91 Å². The zero-order chi connectivity index (χ0) is 21.3. The Kier molecular flexibility index (Phi) is 7.27. The summed E-state index contributed by atoms with van der Waals surface area (Å²) in [6.07, 6.45) is 5.14. The van der Waals surface area contributed by atoms with Crippen molar-refractivity contribution in [3.05, 3.63) is 83.7 Å². The van der Waals surface area contributed by atoms with Crippen LogP contribution in [0.5, 0.6) is 11.5 Å². The summed E-state index contributed by atoms with van der Waals surface area (Å²) in [5, 5.41) is 4.24. The second-order valence-corrected chi connectivity index (χ2v) is 6.84. The van der Waals surface area contributed by atoms with Crippen molar-refractivity contribution in [3.8, 4) is 11.5 Å². The largest absolute Gasteiger partial charge is 0.496 e. The molecule has 0 N–H and O–H groups in total. The summed E-state index contributed by atoms with van der Waals surface area (Å²) < 4.78 is 13.2. The third-order valence-corrected chi connectivity index (χ3v) is 4.74. The summed E-state index contributed by atoms with van der Waals surface area (Å²) in [4.78, 5) is 14.2. The molecule has 3 rings (SSSR count). The first-order valence-electron chi connectivity index (χ1n) is 9.89. The molecular formula is C24H27N3O3. The summed E-state index contributed by atoms with van der Waals surface area (Å²) in [7, 11) is 3.42. The average Bonchev–Trinajstić information content (AvgIpc) is 3.23. The van der Waals surface area contributed by atoms with E-state index >= 15 is 0 Å². The maximum atomic E-state index is 12.5. The zero-order valence-electron chi connectivity index (χ0n) is 17.6. The van der Waals surface area contributed by atoms with Crippen LogP contribution in [0.2, 0.25) is 0 Å². The summed E-state index contributed by atoms with van der Waals surface area (Å²) in [5.74, 6) is 1.47. The van der Waals surface area contributed by atoms with Crippen LogP contribution in [0.4, 0.5) is 0 Å². The number of methoxy groups -OCH3 is 1. The van der Waals surface area contributed by atoms with E-state index in [4.69, 9.17) is 9.47 Å². The van der Waals surface area contributed by atoms with Crippen molar-refractivity contribution in [3.63, 3.8) is 0 Å². The number of aryl methyl sites for hydroxylation is 1. The molecule has 30 heavy (non-hydrogen) atoms. The van der Waals surface area contributed by atoms with Gasteiger partial charge in [0.15, 0.2) is 0 Å². The van der Waals surface area contributed by atoms with E-state index in [0.29, 0.717) is 13.2 Å². The molecule has 0 spiro atoms. The van der Waals surface area contributed by atoms with Crippen molar-refractivity contribution in [2.24, 2.45) is 0 Å². The predicted molar refractivity (Wildman–Crippen MR) is 117 cm³/mol. The van der Waals surface area contributed by atoms with Crippen LogP contribution in [-0.4, -0.2) is 34.7 Å². The minimum Gasteiger partial charge on any atom is -0.496 e. The number of carbonyl (C=O) groups is 1. The highest BCUT2D eigenvalue weighted by atomic mass is 16.5. The van der Waals surface area contributed by atoms with Gasteiger partial charge in [0.25, 0.3) is 0 Å². The highest BCUT2D eigenvalue weighted by Crippen LogP contribution is 2.23. The minimum absolute atomic E-state index is 0.0724. The van der Waals surface area contributed by atoms with E-state index in [0.717, 1.165) is 34.9 Å². The number of likely N-dealkylation sites (N-methyl/N-ethyl adjacent to an activating group) is 1. The van der Waals surface area contributed by atoms with Crippen molar-refractivity contribution in [1.29, 1.82) is 0 Å². The Labute approximate surface area is 177 Å². The van der Waals surface area contributed by atoms with Gasteiger partial charge in [0.1, 0.15) is 18.1 Å². The number of ether oxygens (including phenoxy) is 2. The molecular weight excluding hydrogens is 378 g/mol. The molecule has 0 atom stereocenters. The molecule has 0 saturated heterocycles. The fourth-order valence-electron chi connectivity index (χ4n) is 3.09. The minimum atomic E-state index is -0.0724. The molecule has 0 aliphatic heterocycles. The highest BCUT2D eigenvalue weighted by molar-refractivity contribution is 5.91. The predicted octanol–water partition coefficient (Wildman–Crippen LogP) is 4.16. The summed E-state index contributed by atoms with van der Waals surface area (Å²) in [6, 6.07) is 17.3. The third kappa shape index (κ3) is 5.50. The molecule has 3 aromatic rings. The van der Waals surface area contributed by atoms with Crippen LogP contribution < -0.4 is 9.47 Å². The van der Waals surface area contributed by atoms with Crippen LogP contribution in [-0.2, 0) is 24.5 Å². The van der Waals surface area contributed by atoms with E-state index in [9.17, 15) is 4.79 Å². The van der Waals surface area contributed by atoms with Gasteiger partial charge in [-0.1, -0.05) is 24.3 Å². The Bertz CT molecular complexity index is 996. The van der Waals surface area contributed by atoms with Crippen molar-refractivity contribution >= 4 is 12.0 Å². The number of carbonyl (C=O) groups excluding carboxylic acids is 1. The number of hydrogen-bond acceptors (Lipinski definition) is 4. The van der Waals surface area contributed by atoms with Gasteiger partial charge in [0, 0.05) is 31.4 Å². The van der Waals surface area contributed by atoms with Crippen molar-refractivity contribution in [1.82, 2.24) is 14.7 Å². The van der Waals surface area contributed by atoms with Gasteiger partial charge in [-0.3, -0.25) is 9.48 Å². The van der Waals surface area contributed by atoms with Crippen LogP contribution in [0, 0.1) is 0 Å². The zero-order valence-corrected chi connectivity index (χ0v) is 17.6. The second-order valence-electron chi connectivity index (χ2n) is 6.84. The van der Waals surface area contributed by atoms with Crippen LogP contribution in [0.25, 0.3) is 6.08 Å². The normalized spacial score (nSPS) is 10.9. The molecule has 0 radical (unpaired) electrons. The number of aromatic nitrogens is 2. The van der Waals surface area contributed by atoms with Crippen LogP contribution >= 0.6 is 0 Å². The molecule has 0 aliphatic rings. The number of hydrogen-bond donors (Lipinski definition) is 0. The number of nitrogens with zero attached hydrogens (tertiary/aromatic N) is 3. The smallest absolute Gasteiger partial charge is 0.246 e. The molecule has 0 fully saturated rings. The summed E-state index contributed by atoms with van der Waals surface area (Å²) >= 11 is 0. The monoisotopic (exact) mass is 405 g/mol. The van der Waals surface area contributed by atoms with E-state index in [1.807, 2.05) is 66.2 Å². The Morgan fingerprint density at radius 1 is 1.17 bits per heavy atom. The van der Waals surface area contributed by atoms with E-state index in [-0.39, 0.29) is 5.91 Å². The van der Waals surface area contributed by atoms with Gasteiger partial charge in [0.05, 0.1) is 19.3 Å². The van der Waals surface area contributed by atoms with E-state index in [2.05, 4.69) is 5.10 Å². The molecule has 0 aliphatic carbocycles. The average molecular weight is 405 g/mol. The molecule has 6 nitrogen and oxygen atoms in total. The lowest BCUT2D eigenvalue weighted by Gasteiger charge is -2.16. The lowest BCUT2D eigenvalue weighted by Crippen LogP contribution is -2.25. The van der Waals surface area contributed by atoms with Gasteiger partial charge in [-0.2, -0.15) is 5.10 Å². The molecule has 0 unspecified atom stereocenters. The quantitative estimate of drug-likeness (QED) is 0.502. The van der Waals surface area contributed by atoms with Crippen LogP contribution in [0.3, 0.4) is 0 Å². The molecule has 156 valence electrons.